The summed E-state index contributed by atoms with van der Waals surface area (Å²) in [6.07, 6.45) is 3.54. The van der Waals surface area contributed by atoms with E-state index in [9.17, 15) is 10.1 Å². The molecule has 0 saturated carbocycles. The molecule has 0 aliphatic rings. The average molecular weight is 251 g/mol. The molecule has 17 heavy (non-hydrogen) atoms. The predicted molar refractivity (Wildman–Crippen MR) is 65.9 cm³/mol. The van der Waals surface area contributed by atoms with E-state index in [4.69, 9.17) is 11.6 Å². The van der Waals surface area contributed by atoms with E-state index in [1.165, 1.54) is 0 Å². The molecule has 0 amide bonds. The number of hydrogen-bond acceptors (Lipinski definition) is 2. The van der Waals surface area contributed by atoms with E-state index in [1.54, 1.807) is 24.5 Å². The van der Waals surface area contributed by atoms with Gasteiger partial charge in [0.1, 0.15) is 0 Å². The number of nitrogens with zero attached hydrogens (tertiary/aromatic N) is 1. The number of aromatic amines is 1. The van der Waals surface area contributed by atoms with Crippen LogP contribution in [-0.2, 0) is 0 Å². The van der Waals surface area contributed by atoms with Gasteiger partial charge in [0, 0.05) is 22.3 Å². The molecule has 1 aromatic heterocycles. The maximum absolute atomic E-state index is 10.7. The lowest BCUT2D eigenvalue weighted by molar-refractivity contribution is -0.481. The van der Waals surface area contributed by atoms with Gasteiger partial charge in [-0.25, -0.2) is 0 Å². The van der Waals surface area contributed by atoms with Crippen molar-refractivity contribution in [3.05, 3.63) is 69.0 Å². The SMILES string of the molecule is O=[N+]([O-])CC(c1ccc(Cl)cc1)c1cc[nH]c1. The van der Waals surface area contributed by atoms with Crippen LogP contribution in [0.3, 0.4) is 0 Å². The summed E-state index contributed by atoms with van der Waals surface area (Å²) in [6, 6.07) is 8.99. The molecule has 0 aliphatic carbocycles. The van der Waals surface area contributed by atoms with Gasteiger partial charge in [-0.2, -0.15) is 0 Å². The number of halogens is 1. The average Bonchev–Trinajstić information content (AvgIpc) is 2.80. The van der Waals surface area contributed by atoms with Crippen LogP contribution < -0.4 is 0 Å². The first-order valence-corrected chi connectivity index (χ1v) is 5.54. The molecule has 0 radical (unpaired) electrons. The Morgan fingerprint density at radius 1 is 1.24 bits per heavy atom. The molecule has 1 heterocycles. The van der Waals surface area contributed by atoms with Crippen molar-refractivity contribution in [1.82, 2.24) is 4.98 Å². The minimum absolute atomic E-state index is 0.126. The van der Waals surface area contributed by atoms with Crippen LogP contribution in [-0.4, -0.2) is 16.5 Å². The van der Waals surface area contributed by atoms with E-state index in [2.05, 4.69) is 4.98 Å². The van der Waals surface area contributed by atoms with E-state index >= 15 is 0 Å². The summed E-state index contributed by atoms with van der Waals surface area (Å²) >= 11 is 5.81. The first-order chi connectivity index (χ1) is 8.16. The molecule has 1 atom stereocenters. The van der Waals surface area contributed by atoms with E-state index < -0.39 is 0 Å². The maximum Gasteiger partial charge on any atom is 0.214 e. The van der Waals surface area contributed by atoms with E-state index in [-0.39, 0.29) is 17.4 Å². The van der Waals surface area contributed by atoms with Crippen molar-refractivity contribution in [3.8, 4) is 0 Å². The lowest BCUT2D eigenvalue weighted by Gasteiger charge is -2.11. The minimum Gasteiger partial charge on any atom is -0.367 e. The molecule has 2 aromatic rings. The van der Waals surface area contributed by atoms with Crippen LogP contribution in [0.25, 0.3) is 0 Å². The van der Waals surface area contributed by atoms with Gasteiger partial charge in [0.2, 0.25) is 6.54 Å². The Hall–Kier alpha value is -1.81. The van der Waals surface area contributed by atoms with Gasteiger partial charge in [-0.1, -0.05) is 23.7 Å². The maximum atomic E-state index is 10.7. The summed E-state index contributed by atoms with van der Waals surface area (Å²) in [5.41, 5.74) is 1.80. The van der Waals surface area contributed by atoms with Crippen LogP contribution in [0, 0.1) is 10.1 Å². The quantitative estimate of drug-likeness (QED) is 0.670. The number of hydrogen-bond donors (Lipinski definition) is 1. The van der Waals surface area contributed by atoms with Crippen molar-refractivity contribution in [2.24, 2.45) is 0 Å². The number of rotatable bonds is 4. The summed E-state index contributed by atoms with van der Waals surface area (Å²) < 4.78 is 0. The number of benzene rings is 1. The van der Waals surface area contributed by atoms with Crippen molar-refractivity contribution in [3.63, 3.8) is 0 Å². The zero-order chi connectivity index (χ0) is 12.3. The first kappa shape index (κ1) is 11.7. The molecular weight excluding hydrogens is 240 g/mol. The second kappa shape index (κ2) is 5.01. The van der Waals surface area contributed by atoms with Gasteiger partial charge >= 0.3 is 0 Å². The van der Waals surface area contributed by atoms with Gasteiger partial charge in [0.15, 0.2) is 0 Å². The molecule has 1 N–H and O–H groups in total. The Labute approximate surface area is 103 Å². The molecule has 88 valence electrons. The van der Waals surface area contributed by atoms with Crippen LogP contribution >= 0.6 is 11.6 Å². The molecule has 0 spiro atoms. The summed E-state index contributed by atoms with van der Waals surface area (Å²) in [4.78, 5) is 13.3. The fourth-order valence-electron chi connectivity index (χ4n) is 1.80. The third-order valence-corrected chi connectivity index (χ3v) is 2.88. The van der Waals surface area contributed by atoms with Gasteiger partial charge in [-0.15, -0.1) is 0 Å². The predicted octanol–water partition coefficient (Wildman–Crippen LogP) is 3.08. The smallest absolute Gasteiger partial charge is 0.214 e. The van der Waals surface area contributed by atoms with Gasteiger partial charge in [0.05, 0.1) is 5.92 Å². The number of aromatic nitrogens is 1. The highest BCUT2D eigenvalue weighted by atomic mass is 35.5. The standard InChI is InChI=1S/C12H11ClN2O2/c13-11-3-1-9(2-4-11)12(8-15(16)17)10-5-6-14-7-10/h1-7,12,14H,8H2. The zero-order valence-electron chi connectivity index (χ0n) is 8.97. The Balaban J connectivity index is 2.33. The lowest BCUT2D eigenvalue weighted by Crippen LogP contribution is -2.13. The fourth-order valence-corrected chi connectivity index (χ4v) is 1.93. The van der Waals surface area contributed by atoms with Gasteiger partial charge in [-0.3, -0.25) is 10.1 Å². The molecular formula is C12H11ClN2O2. The molecule has 0 fully saturated rings. The molecule has 1 unspecified atom stereocenters. The Morgan fingerprint density at radius 3 is 2.47 bits per heavy atom. The van der Waals surface area contributed by atoms with Crippen molar-refractivity contribution >= 4 is 11.6 Å². The number of nitrogens with one attached hydrogen (secondary N) is 1. The molecule has 5 heteroatoms. The molecule has 0 saturated heterocycles. The van der Waals surface area contributed by atoms with Crippen molar-refractivity contribution in [2.75, 3.05) is 6.54 Å². The Bertz CT molecular complexity index is 494. The van der Waals surface area contributed by atoms with Gasteiger partial charge in [0.25, 0.3) is 0 Å². The highest BCUT2D eigenvalue weighted by Crippen LogP contribution is 2.25. The zero-order valence-corrected chi connectivity index (χ0v) is 9.72. The van der Waals surface area contributed by atoms with Gasteiger partial charge in [-0.05, 0) is 29.3 Å². The normalized spacial score (nSPS) is 12.3. The highest BCUT2D eigenvalue weighted by molar-refractivity contribution is 6.30. The molecule has 4 nitrogen and oxygen atoms in total. The van der Waals surface area contributed by atoms with Crippen LogP contribution in [0.5, 0.6) is 0 Å². The third kappa shape index (κ3) is 2.85. The minimum atomic E-state index is -0.299. The molecule has 0 bridgehead atoms. The second-order valence-corrected chi connectivity index (χ2v) is 4.20. The van der Waals surface area contributed by atoms with Crippen molar-refractivity contribution in [1.29, 1.82) is 0 Å². The number of nitro groups is 1. The van der Waals surface area contributed by atoms with Crippen LogP contribution in [0.2, 0.25) is 5.02 Å². The summed E-state index contributed by atoms with van der Waals surface area (Å²) in [5, 5.41) is 11.3. The van der Waals surface area contributed by atoms with E-state index in [1.807, 2.05) is 18.2 Å². The fraction of sp³-hybridized carbons (Fsp3) is 0.167. The van der Waals surface area contributed by atoms with Gasteiger partial charge < -0.3 is 4.98 Å². The summed E-state index contributed by atoms with van der Waals surface area (Å²) in [7, 11) is 0. The topological polar surface area (TPSA) is 58.9 Å². The Morgan fingerprint density at radius 2 is 1.94 bits per heavy atom. The molecule has 1 aromatic carbocycles. The summed E-state index contributed by atoms with van der Waals surface area (Å²) in [5.74, 6) is -0.242. The monoisotopic (exact) mass is 250 g/mol. The highest BCUT2D eigenvalue weighted by Gasteiger charge is 2.20. The Kier molecular flexibility index (Phi) is 3.44. The van der Waals surface area contributed by atoms with Crippen molar-refractivity contribution < 1.29 is 4.92 Å². The van der Waals surface area contributed by atoms with Crippen LogP contribution in [0.15, 0.2) is 42.7 Å². The largest absolute Gasteiger partial charge is 0.367 e. The summed E-state index contributed by atoms with van der Waals surface area (Å²) in [6.45, 7) is -0.126. The van der Waals surface area contributed by atoms with Crippen LogP contribution in [0.1, 0.15) is 17.0 Å². The molecule has 0 aliphatic heterocycles. The van der Waals surface area contributed by atoms with Crippen LogP contribution in [0.4, 0.5) is 0 Å². The third-order valence-electron chi connectivity index (χ3n) is 2.63. The first-order valence-electron chi connectivity index (χ1n) is 5.17. The number of H-pyrrole nitrogens is 1. The lowest BCUT2D eigenvalue weighted by atomic mass is 9.93. The van der Waals surface area contributed by atoms with E-state index in [0.717, 1.165) is 11.1 Å². The molecule has 2 rings (SSSR count). The second-order valence-electron chi connectivity index (χ2n) is 3.76. The van der Waals surface area contributed by atoms with E-state index in [0.29, 0.717) is 5.02 Å². The van der Waals surface area contributed by atoms with Crippen molar-refractivity contribution in [2.45, 2.75) is 5.92 Å².